The van der Waals surface area contributed by atoms with Gasteiger partial charge in [-0.15, -0.1) is 0 Å². The van der Waals surface area contributed by atoms with Gasteiger partial charge in [-0.25, -0.2) is 4.98 Å². The molecule has 0 bridgehead atoms. The van der Waals surface area contributed by atoms with Crippen molar-refractivity contribution in [1.29, 1.82) is 0 Å². The quantitative estimate of drug-likeness (QED) is 0.881. The van der Waals surface area contributed by atoms with Crippen molar-refractivity contribution in [2.75, 3.05) is 25.1 Å². The highest BCUT2D eigenvalue weighted by Crippen LogP contribution is 2.34. The second kappa shape index (κ2) is 4.22. The van der Waals surface area contributed by atoms with Crippen molar-refractivity contribution < 1.29 is 22.6 Å². The normalized spacial score (nSPS) is 14.7. The largest absolute Gasteiger partial charge is 0.486 e. The summed E-state index contributed by atoms with van der Waals surface area (Å²) >= 11 is 0. The molecule has 0 saturated carbocycles. The van der Waals surface area contributed by atoms with Gasteiger partial charge in [0.1, 0.15) is 19.8 Å². The summed E-state index contributed by atoms with van der Waals surface area (Å²) in [6.07, 6.45) is -4.29. The molecule has 3 rings (SSSR count). The van der Waals surface area contributed by atoms with Crippen molar-refractivity contribution in [3.05, 3.63) is 12.1 Å². The summed E-state index contributed by atoms with van der Waals surface area (Å²) in [6.45, 7) is -0.243. The number of anilines is 1. The number of halogens is 3. The number of rotatable bonds is 2. The second-order valence-corrected chi connectivity index (χ2v) is 4.07. The van der Waals surface area contributed by atoms with Gasteiger partial charge in [-0.05, 0) is 0 Å². The fourth-order valence-corrected chi connectivity index (χ4v) is 1.81. The lowest BCUT2D eigenvalue weighted by molar-refractivity contribution is -0.115. The zero-order valence-corrected chi connectivity index (χ0v) is 9.67. The van der Waals surface area contributed by atoms with Crippen molar-refractivity contribution in [2.45, 2.75) is 6.18 Å². The number of ether oxygens (including phenoxy) is 2. The number of nitrogens with one attached hydrogen (secondary N) is 2. The van der Waals surface area contributed by atoms with Gasteiger partial charge in [0.25, 0.3) is 0 Å². The molecule has 2 heterocycles. The molecule has 19 heavy (non-hydrogen) atoms. The number of imidazole rings is 1. The summed E-state index contributed by atoms with van der Waals surface area (Å²) in [6, 6.07) is 3.30. The first-order valence-electron chi connectivity index (χ1n) is 5.61. The van der Waals surface area contributed by atoms with E-state index in [0.29, 0.717) is 35.7 Å². The van der Waals surface area contributed by atoms with Gasteiger partial charge in [-0.1, -0.05) is 0 Å². The van der Waals surface area contributed by atoms with E-state index in [2.05, 4.69) is 15.3 Å². The summed E-state index contributed by atoms with van der Waals surface area (Å²) in [5.41, 5.74) is 1.11. The first kappa shape index (κ1) is 11.9. The van der Waals surface area contributed by atoms with Crippen LogP contribution in [-0.2, 0) is 0 Å². The van der Waals surface area contributed by atoms with Crippen LogP contribution in [-0.4, -0.2) is 35.9 Å². The number of hydrogen-bond acceptors (Lipinski definition) is 4. The molecule has 1 aliphatic heterocycles. The van der Waals surface area contributed by atoms with Crippen molar-refractivity contribution in [3.63, 3.8) is 0 Å². The number of nitrogens with zero attached hydrogens (tertiary/aromatic N) is 1. The summed E-state index contributed by atoms with van der Waals surface area (Å²) in [7, 11) is 0. The highest BCUT2D eigenvalue weighted by molar-refractivity contribution is 5.81. The molecular formula is C11H10F3N3O2. The molecule has 0 atom stereocenters. The van der Waals surface area contributed by atoms with Gasteiger partial charge in [0.15, 0.2) is 11.5 Å². The molecule has 0 amide bonds. The number of aromatic nitrogens is 2. The van der Waals surface area contributed by atoms with E-state index in [1.807, 2.05) is 0 Å². The van der Waals surface area contributed by atoms with Crippen LogP contribution in [0.1, 0.15) is 0 Å². The average molecular weight is 273 g/mol. The molecule has 1 aromatic heterocycles. The number of H-pyrrole nitrogens is 1. The van der Waals surface area contributed by atoms with E-state index >= 15 is 0 Å². The molecule has 0 unspecified atom stereocenters. The van der Waals surface area contributed by atoms with Crippen LogP contribution in [0.2, 0.25) is 0 Å². The SMILES string of the molecule is FC(F)(F)CNc1nc2cc3c(cc2[nH]1)OCCO3. The number of alkyl halides is 3. The lowest BCUT2D eigenvalue weighted by atomic mass is 10.2. The Morgan fingerprint density at radius 3 is 2.58 bits per heavy atom. The van der Waals surface area contributed by atoms with E-state index in [0.717, 1.165) is 0 Å². The molecular weight excluding hydrogens is 263 g/mol. The Morgan fingerprint density at radius 2 is 1.89 bits per heavy atom. The molecule has 2 aromatic rings. The molecule has 0 radical (unpaired) electrons. The number of hydrogen-bond donors (Lipinski definition) is 2. The average Bonchev–Trinajstić information content (AvgIpc) is 2.74. The van der Waals surface area contributed by atoms with Crippen LogP contribution in [0.3, 0.4) is 0 Å². The van der Waals surface area contributed by atoms with Gasteiger partial charge in [0, 0.05) is 12.1 Å². The van der Waals surface area contributed by atoms with Gasteiger partial charge < -0.3 is 19.8 Å². The molecule has 102 valence electrons. The van der Waals surface area contributed by atoms with Crippen LogP contribution in [0.15, 0.2) is 12.1 Å². The maximum absolute atomic E-state index is 12.1. The highest BCUT2D eigenvalue weighted by atomic mass is 19.4. The summed E-state index contributed by atoms with van der Waals surface area (Å²) < 4.78 is 47.1. The topological polar surface area (TPSA) is 59.2 Å². The lowest BCUT2D eigenvalue weighted by Crippen LogP contribution is -2.21. The monoisotopic (exact) mass is 273 g/mol. The predicted molar refractivity (Wildman–Crippen MR) is 61.6 cm³/mol. The lowest BCUT2D eigenvalue weighted by Gasteiger charge is -2.17. The molecule has 8 heteroatoms. The summed E-state index contributed by atoms with van der Waals surface area (Å²) in [5, 5.41) is 2.19. The van der Waals surface area contributed by atoms with Gasteiger partial charge in [0.05, 0.1) is 11.0 Å². The van der Waals surface area contributed by atoms with Crippen LogP contribution in [0, 0.1) is 0 Å². The molecule has 5 nitrogen and oxygen atoms in total. The van der Waals surface area contributed by atoms with E-state index in [4.69, 9.17) is 9.47 Å². The fraction of sp³-hybridized carbons (Fsp3) is 0.364. The maximum atomic E-state index is 12.1. The van der Waals surface area contributed by atoms with Gasteiger partial charge in [0.2, 0.25) is 5.95 Å². The zero-order chi connectivity index (χ0) is 13.5. The standard InChI is InChI=1S/C11H10F3N3O2/c12-11(13,14)5-15-10-16-6-3-8-9(4-7(6)17-10)19-2-1-18-8/h3-4H,1-2,5H2,(H2,15,16,17). The third kappa shape index (κ3) is 2.51. The van der Waals surface area contributed by atoms with E-state index in [9.17, 15) is 13.2 Å². The third-order valence-corrected chi connectivity index (χ3v) is 2.60. The van der Waals surface area contributed by atoms with Crippen molar-refractivity contribution in [2.24, 2.45) is 0 Å². The first-order chi connectivity index (χ1) is 9.01. The Labute approximate surface area is 105 Å². The molecule has 0 fully saturated rings. The van der Waals surface area contributed by atoms with Crippen molar-refractivity contribution in [1.82, 2.24) is 9.97 Å². The number of aromatic amines is 1. The Balaban J connectivity index is 1.88. The Kier molecular flexibility index (Phi) is 2.65. The summed E-state index contributed by atoms with van der Waals surface area (Å²) in [4.78, 5) is 6.78. The minimum absolute atomic E-state index is 0.0645. The number of fused-ring (bicyclic) bond motifs is 2. The number of benzene rings is 1. The van der Waals surface area contributed by atoms with E-state index in [-0.39, 0.29) is 5.95 Å². The van der Waals surface area contributed by atoms with E-state index in [1.165, 1.54) is 0 Å². The van der Waals surface area contributed by atoms with Gasteiger partial charge in [-0.3, -0.25) is 0 Å². The first-order valence-corrected chi connectivity index (χ1v) is 5.61. The van der Waals surface area contributed by atoms with Crippen molar-refractivity contribution in [3.8, 4) is 11.5 Å². The predicted octanol–water partition coefficient (Wildman–Crippen LogP) is 2.31. The maximum Gasteiger partial charge on any atom is 0.405 e. The smallest absolute Gasteiger partial charge is 0.405 e. The van der Waals surface area contributed by atoms with Crippen LogP contribution in [0.4, 0.5) is 19.1 Å². The second-order valence-electron chi connectivity index (χ2n) is 4.07. The van der Waals surface area contributed by atoms with Crippen molar-refractivity contribution >= 4 is 17.0 Å². The fourth-order valence-electron chi connectivity index (χ4n) is 1.81. The minimum atomic E-state index is -4.29. The zero-order valence-electron chi connectivity index (χ0n) is 9.67. The molecule has 0 saturated heterocycles. The highest BCUT2D eigenvalue weighted by Gasteiger charge is 2.27. The van der Waals surface area contributed by atoms with E-state index < -0.39 is 12.7 Å². The van der Waals surface area contributed by atoms with Gasteiger partial charge in [-0.2, -0.15) is 13.2 Å². The molecule has 1 aromatic carbocycles. The van der Waals surface area contributed by atoms with Crippen LogP contribution in [0.25, 0.3) is 11.0 Å². The van der Waals surface area contributed by atoms with Crippen LogP contribution in [0.5, 0.6) is 11.5 Å². The molecule has 2 N–H and O–H groups in total. The van der Waals surface area contributed by atoms with Crippen LogP contribution >= 0.6 is 0 Å². The molecule has 1 aliphatic rings. The van der Waals surface area contributed by atoms with Crippen LogP contribution < -0.4 is 14.8 Å². The Hall–Kier alpha value is -2.12. The Bertz CT molecular complexity index is 566. The molecule has 0 aliphatic carbocycles. The molecule has 0 spiro atoms. The third-order valence-electron chi connectivity index (χ3n) is 2.60. The van der Waals surface area contributed by atoms with Gasteiger partial charge >= 0.3 is 6.18 Å². The summed E-state index contributed by atoms with van der Waals surface area (Å²) in [5.74, 6) is 1.17. The van der Waals surface area contributed by atoms with E-state index in [1.54, 1.807) is 12.1 Å². The Morgan fingerprint density at radius 1 is 1.21 bits per heavy atom. The minimum Gasteiger partial charge on any atom is -0.486 e.